The largest absolute Gasteiger partial charge is 0.417 e. The van der Waals surface area contributed by atoms with E-state index in [0.29, 0.717) is 11.9 Å². The number of carbonyl (C=O) groups excluding carboxylic acids is 1. The summed E-state index contributed by atoms with van der Waals surface area (Å²) in [6.45, 7) is 2.34. The molecular formula is C17H13F6N5O. The van der Waals surface area contributed by atoms with Gasteiger partial charge in [-0.1, -0.05) is 0 Å². The van der Waals surface area contributed by atoms with Crippen LogP contribution in [-0.4, -0.2) is 37.7 Å². The van der Waals surface area contributed by atoms with Crippen molar-refractivity contribution >= 4 is 11.6 Å². The maximum Gasteiger partial charge on any atom is 0.417 e. The molecule has 0 saturated heterocycles. The summed E-state index contributed by atoms with van der Waals surface area (Å²) < 4.78 is 78.1. The molecule has 1 atom stereocenters. The van der Waals surface area contributed by atoms with E-state index in [1.165, 1.54) is 10.6 Å². The lowest BCUT2D eigenvalue weighted by Gasteiger charge is -2.16. The summed E-state index contributed by atoms with van der Waals surface area (Å²) in [6.07, 6.45) is -6.39. The van der Waals surface area contributed by atoms with Crippen LogP contribution in [0.1, 0.15) is 28.5 Å². The predicted octanol–water partition coefficient (Wildman–Crippen LogP) is 3.80. The standard InChI is InChI=1S/C17H13F6N5O/c1-8-3-13(10-4-11(6-24-5-10)17(21,22)23)27-14-12(7-25-28(8)14)15(29)26-9(2)16(18,19)20/h3-7,9H,1-2H3,(H,26,29)/t9-/m1/s1. The number of nitrogens with zero attached hydrogens (tertiary/aromatic N) is 4. The van der Waals surface area contributed by atoms with Crippen molar-refractivity contribution in [3.8, 4) is 11.3 Å². The number of carbonyl (C=O) groups is 1. The number of aryl methyl sites for hydroxylation is 1. The minimum absolute atomic E-state index is 0.0293. The lowest BCUT2D eigenvalue weighted by atomic mass is 10.1. The molecule has 0 saturated carbocycles. The Kier molecular flexibility index (Phi) is 4.97. The summed E-state index contributed by atoms with van der Waals surface area (Å²) >= 11 is 0. The van der Waals surface area contributed by atoms with Crippen molar-refractivity contribution in [1.29, 1.82) is 0 Å². The van der Waals surface area contributed by atoms with E-state index in [-0.39, 0.29) is 22.5 Å². The molecule has 0 aliphatic heterocycles. The molecule has 1 N–H and O–H groups in total. The van der Waals surface area contributed by atoms with E-state index in [1.54, 1.807) is 12.2 Å². The Hall–Kier alpha value is -3.18. The summed E-state index contributed by atoms with van der Waals surface area (Å²) in [5.41, 5.74) is -0.825. The number of nitrogens with one attached hydrogen (secondary N) is 1. The number of fused-ring (bicyclic) bond motifs is 1. The highest BCUT2D eigenvalue weighted by molar-refractivity contribution is 6.00. The van der Waals surface area contributed by atoms with Gasteiger partial charge in [0.25, 0.3) is 5.91 Å². The molecule has 0 aromatic carbocycles. The van der Waals surface area contributed by atoms with Crippen molar-refractivity contribution in [2.24, 2.45) is 0 Å². The monoisotopic (exact) mass is 417 g/mol. The topological polar surface area (TPSA) is 72.2 Å². The van der Waals surface area contributed by atoms with Gasteiger partial charge < -0.3 is 5.32 Å². The Balaban J connectivity index is 2.05. The van der Waals surface area contributed by atoms with Gasteiger partial charge in [-0.25, -0.2) is 9.50 Å². The van der Waals surface area contributed by atoms with Crippen molar-refractivity contribution in [2.45, 2.75) is 32.2 Å². The fourth-order valence-electron chi connectivity index (χ4n) is 2.51. The molecule has 0 fully saturated rings. The Morgan fingerprint density at radius 3 is 2.41 bits per heavy atom. The van der Waals surface area contributed by atoms with Crippen molar-refractivity contribution in [3.05, 3.63) is 47.5 Å². The van der Waals surface area contributed by atoms with Gasteiger partial charge in [-0.2, -0.15) is 31.4 Å². The first-order chi connectivity index (χ1) is 13.4. The Morgan fingerprint density at radius 2 is 1.79 bits per heavy atom. The van der Waals surface area contributed by atoms with E-state index >= 15 is 0 Å². The van der Waals surface area contributed by atoms with Crippen molar-refractivity contribution < 1.29 is 31.1 Å². The van der Waals surface area contributed by atoms with Gasteiger partial charge >= 0.3 is 12.4 Å². The van der Waals surface area contributed by atoms with E-state index in [4.69, 9.17) is 0 Å². The van der Waals surface area contributed by atoms with Gasteiger partial charge in [0, 0.05) is 23.7 Å². The molecule has 3 heterocycles. The highest BCUT2D eigenvalue weighted by atomic mass is 19.4. The molecule has 0 aliphatic rings. The first kappa shape index (κ1) is 20.6. The maximum atomic E-state index is 12.9. The molecule has 154 valence electrons. The first-order valence-corrected chi connectivity index (χ1v) is 8.13. The second-order valence-corrected chi connectivity index (χ2v) is 6.27. The normalized spacial score (nSPS) is 13.5. The van der Waals surface area contributed by atoms with Crippen LogP contribution in [0.3, 0.4) is 0 Å². The van der Waals surface area contributed by atoms with Crippen LogP contribution in [0.15, 0.2) is 30.7 Å². The molecular weight excluding hydrogens is 404 g/mol. The highest BCUT2D eigenvalue weighted by Gasteiger charge is 2.37. The summed E-state index contributed by atoms with van der Waals surface area (Å²) in [5.74, 6) is -1.06. The van der Waals surface area contributed by atoms with Gasteiger partial charge in [0.1, 0.15) is 11.6 Å². The molecule has 0 aliphatic carbocycles. The highest BCUT2D eigenvalue weighted by Crippen LogP contribution is 2.31. The number of amides is 1. The SMILES string of the molecule is Cc1cc(-c2cncc(C(F)(F)F)c2)nc2c(C(=O)N[C@H](C)C(F)(F)F)cnn12. The van der Waals surface area contributed by atoms with Gasteiger partial charge in [0.2, 0.25) is 0 Å². The molecule has 0 bridgehead atoms. The number of halogens is 6. The molecule has 29 heavy (non-hydrogen) atoms. The minimum Gasteiger partial charge on any atom is -0.340 e. The summed E-state index contributed by atoms with van der Waals surface area (Å²) in [5, 5.41) is 5.72. The number of alkyl halides is 6. The van der Waals surface area contributed by atoms with Gasteiger partial charge in [-0.15, -0.1) is 0 Å². The van der Waals surface area contributed by atoms with Crippen LogP contribution in [0.25, 0.3) is 16.9 Å². The van der Waals surface area contributed by atoms with E-state index in [0.717, 1.165) is 25.4 Å². The molecule has 3 rings (SSSR count). The maximum absolute atomic E-state index is 12.9. The number of hydrogen-bond acceptors (Lipinski definition) is 4. The quantitative estimate of drug-likeness (QED) is 0.658. The third kappa shape index (κ3) is 4.15. The molecule has 0 spiro atoms. The third-order valence-electron chi connectivity index (χ3n) is 4.09. The van der Waals surface area contributed by atoms with Crippen molar-refractivity contribution in [2.75, 3.05) is 0 Å². The zero-order valence-corrected chi connectivity index (χ0v) is 14.9. The van der Waals surface area contributed by atoms with Crippen LogP contribution < -0.4 is 5.32 Å². The second kappa shape index (κ2) is 7.01. The number of hydrogen-bond donors (Lipinski definition) is 1. The Labute approximate surface area is 159 Å². The molecule has 0 radical (unpaired) electrons. The summed E-state index contributed by atoms with van der Waals surface area (Å²) in [4.78, 5) is 19.9. The molecule has 3 aromatic heterocycles. The van der Waals surface area contributed by atoms with Crippen LogP contribution in [-0.2, 0) is 6.18 Å². The van der Waals surface area contributed by atoms with E-state index in [2.05, 4.69) is 15.1 Å². The zero-order chi connectivity index (χ0) is 21.6. The van der Waals surface area contributed by atoms with Gasteiger partial charge in [0.15, 0.2) is 5.65 Å². The predicted molar refractivity (Wildman–Crippen MR) is 88.9 cm³/mol. The second-order valence-electron chi connectivity index (χ2n) is 6.27. The van der Waals surface area contributed by atoms with Crippen molar-refractivity contribution in [1.82, 2.24) is 24.9 Å². The smallest absolute Gasteiger partial charge is 0.340 e. The number of rotatable bonds is 3. The molecule has 12 heteroatoms. The zero-order valence-electron chi connectivity index (χ0n) is 14.9. The number of aromatic nitrogens is 4. The lowest BCUT2D eigenvalue weighted by Crippen LogP contribution is -2.43. The average molecular weight is 417 g/mol. The summed E-state index contributed by atoms with van der Waals surface area (Å²) in [7, 11) is 0. The summed E-state index contributed by atoms with van der Waals surface area (Å²) in [6, 6.07) is 0.159. The van der Waals surface area contributed by atoms with E-state index < -0.39 is 29.9 Å². The van der Waals surface area contributed by atoms with Gasteiger partial charge in [-0.05, 0) is 26.0 Å². The van der Waals surface area contributed by atoms with Crippen LogP contribution in [0.4, 0.5) is 26.3 Å². The van der Waals surface area contributed by atoms with Gasteiger partial charge in [-0.3, -0.25) is 9.78 Å². The fourth-order valence-corrected chi connectivity index (χ4v) is 2.51. The fraction of sp³-hybridized carbons (Fsp3) is 0.294. The van der Waals surface area contributed by atoms with E-state index in [9.17, 15) is 31.1 Å². The molecule has 3 aromatic rings. The van der Waals surface area contributed by atoms with Crippen LogP contribution in [0.5, 0.6) is 0 Å². The Bertz CT molecular complexity index is 1070. The molecule has 1 amide bonds. The molecule has 6 nitrogen and oxygen atoms in total. The number of pyridine rings is 1. The average Bonchev–Trinajstić information content (AvgIpc) is 3.05. The lowest BCUT2D eigenvalue weighted by molar-refractivity contribution is -0.149. The van der Waals surface area contributed by atoms with Crippen LogP contribution >= 0.6 is 0 Å². The van der Waals surface area contributed by atoms with E-state index in [1.807, 2.05) is 0 Å². The van der Waals surface area contributed by atoms with Crippen LogP contribution in [0, 0.1) is 6.92 Å². The first-order valence-electron chi connectivity index (χ1n) is 8.13. The minimum atomic E-state index is -4.64. The molecule has 0 unspecified atom stereocenters. The van der Waals surface area contributed by atoms with Gasteiger partial charge in [0.05, 0.1) is 17.5 Å². The Morgan fingerprint density at radius 1 is 1.10 bits per heavy atom. The van der Waals surface area contributed by atoms with Crippen LogP contribution in [0.2, 0.25) is 0 Å². The third-order valence-corrected chi connectivity index (χ3v) is 4.09. The van der Waals surface area contributed by atoms with Crippen molar-refractivity contribution in [3.63, 3.8) is 0 Å².